The average Bonchev–Trinajstić information content (AvgIpc) is 1.60. The van der Waals surface area contributed by atoms with Crippen LogP contribution in [0.25, 0.3) is 88.3 Å². The average molecular weight is 1470 g/mol. The quantitative estimate of drug-likeness (QED) is 0.139. The molecule has 0 saturated heterocycles. The third kappa shape index (κ3) is 11.2. The largest absolute Gasteiger partial charge is 0.435 e. The molecular formula is C90H85N17O4. The van der Waals surface area contributed by atoms with Crippen LogP contribution in [0.4, 0.5) is 74.6 Å². The minimum Gasteiger partial charge on any atom is -0.435 e. The normalized spacial score (nSPS) is 16.5. The smallest absolute Gasteiger partial charge is 0.227 e. The molecule has 4 aliphatic heterocycles. The molecule has 111 heavy (non-hydrogen) atoms. The summed E-state index contributed by atoms with van der Waals surface area (Å²) in [6.45, 7) is 30.5. The Morgan fingerprint density at radius 3 is 0.982 bits per heavy atom. The summed E-state index contributed by atoms with van der Waals surface area (Å²) in [7, 11) is 0. The summed E-state index contributed by atoms with van der Waals surface area (Å²) in [5, 5.41) is 8.48. The second kappa shape index (κ2) is 27.5. The summed E-state index contributed by atoms with van der Waals surface area (Å²) in [6, 6.07) is 57.0. The Morgan fingerprint density at radius 1 is 0.252 bits per heavy atom. The topological polar surface area (TPSA) is 194 Å². The maximum absolute atomic E-state index is 6.28. The third-order valence-corrected chi connectivity index (χ3v) is 22.0. The first kappa shape index (κ1) is 69.6. The van der Waals surface area contributed by atoms with Gasteiger partial charge in [0.1, 0.15) is 24.7 Å². The number of hydrogen-bond donors (Lipinski definition) is 0. The number of anilines is 13. The molecule has 12 aromatic heterocycles. The highest BCUT2D eigenvalue weighted by molar-refractivity contribution is 6.13. The van der Waals surface area contributed by atoms with Gasteiger partial charge in [0.15, 0.2) is 51.4 Å². The molecule has 4 aliphatic rings. The molecule has 21 rings (SSSR count). The van der Waals surface area contributed by atoms with Crippen molar-refractivity contribution in [2.24, 2.45) is 0 Å². The van der Waals surface area contributed by atoms with Crippen molar-refractivity contribution < 1.29 is 17.7 Å². The van der Waals surface area contributed by atoms with Crippen LogP contribution < -0.4 is 39.2 Å². The molecule has 0 aliphatic carbocycles. The van der Waals surface area contributed by atoms with Gasteiger partial charge in [-0.2, -0.15) is 0 Å². The minimum atomic E-state index is 0.0303. The number of benzene rings is 5. The van der Waals surface area contributed by atoms with Crippen LogP contribution in [-0.2, 0) is 0 Å². The van der Waals surface area contributed by atoms with Gasteiger partial charge in [0, 0.05) is 123 Å². The van der Waals surface area contributed by atoms with Crippen molar-refractivity contribution in [2.75, 3.05) is 39.2 Å². The van der Waals surface area contributed by atoms with E-state index in [0.717, 1.165) is 157 Å². The van der Waals surface area contributed by atoms with Crippen molar-refractivity contribution in [3.63, 3.8) is 0 Å². The molecule has 0 radical (unpaired) electrons. The highest BCUT2D eigenvalue weighted by Gasteiger charge is 2.43. The van der Waals surface area contributed by atoms with Gasteiger partial charge < -0.3 is 47.1 Å². The number of nitrogens with zero attached hydrogens (tertiary/aromatic N) is 17. The Labute approximate surface area is 642 Å². The molecule has 17 aromatic rings. The van der Waals surface area contributed by atoms with Gasteiger partial charge in [-0.25, -0.2) is 44.9 Å². The second-order valence-corrected chi connectivity index (χ2v) is 29.7. The van der Waals surface area contributed by atoms with Crippen molar-refractivity contribution in [1.82, 2.24) is 44.9 Å². The Morgan fingerprint density at radius 2 is 0.559 bits per heavy atom. The zero-order chi connectivity index (χ0) is 76.4. The summed E-state index contributed by atoms with van der Waals surface area (Å²) in [5.41, 5.74) is 19.5. The second-order valence-electron chi connectivity index (χ2n) is 29.7. The first-order valence-corrected chi connectivity index (χ1v) is 38.1. The van der Waals surface area contributed by atoms with E-state index in [-0.39, 0.29) is 24.7 Å². The molecule has 0 bridgehead atoms. The van der Waals surface area contributed by atoms with E-state index in [4.69, 9.17) is 27.6 Å². The fourth-order valence-electron chi connectivity index (χ4n) is 17.4. The summed E-state index contributed by atoms with van der Waals surface area (Å²) in [6.07, 6.45) is 16.5. The van der Waals surface area contributed by atoms with Crippen LogP contribution in [0.2, 0.25) is 0 Å². The third-order valence-electron chi connectivity index (χ3n) is 22.0. The van der Waals surface area contributed by atoms with Gasteiger partial charge in [0.25, 0.3) is 0 Å². The predicted octanol–water partition coefficient (Wildman–Crippen LogP) is 21.9. The van der Waals surface area contributed by atoms with E-state index >= 15 is 0 Å². The lowest BCUT2D eigenvalue weighted by molar-refractivity contribution is 0.597. The van der Waals surface area contributed by atoms with Crippen molar-refractivity contribution >= 4 is 163 Å². The van der Waals surface area contributed by atoms with E-state index in [1.54, 1.807) is 37.2 Å². The van der Waals surface area contributed by atoms with E-state index in [0.29, 0.717) is 41.0 Å². The lowest BCUT2D eigenvalue weighted by Gasteiger charge is -2.33. The van der Waals surface area contributed by atoms with Crippen LogP contribution in [0.15, 0.2) is 237 Å². The number of para-hydroxylation sites is 1. The summed E-state index contributed by atoms with van der Waals surface area (Å²) >= 11 is 0. The number of rotatable bonds is 8. The van der Waals surface area contributed by atoms with Gasteiger partial charge in [-0.15, -0.1) is 0 Å². The van der Waals surface area contributed by atoms with E-state index in [9.17, 15) is 0 Å². The Balaban J connectivity index is 0.000000104. The van der Waals surface area contributed by atoms with Gasteiger partial charge in [0.05, 0.1) is 39.8 Å². The van der Waals surface area contributed by atoms with Gasteiger partial charge >= 0.3 is 0 Å². The van der Waals surface area contributed by atoms with Crippen LogP contribution >= 0.6 is 0 Å². The molecule has 21 heteroatoms. The van der Waals surface area contributed by atoms with Crippen LogP contribution in [0.1, 0.15) is 91.5 Å². The van der Waals surface area contributed by atoms with Gasteiger partial charge in [-0.1, -0.05) is 66.7 Å². The highest BCUT2D eigenvalue weighted by Crippen LogP contribution is 2.54. The lowest BCUT2D eigenvalue weighted by Crippen LogP contribution is -2.42. The van der Waals surface area contributed by atoms with Crippen molar-refractivity contribution in [2.45, 2.75) is 140 Å². The molecule has 0 N–H and O–H groups in total. The number of fused-ring (bicyclic) bond motifs is 16. The van der Waals surface area contributed by atoms with Crippen molar-refractivity contribution in [3.8, 4) is 0 Å². The predicted molar refractivity (Wildman–Crippen MR) is 448 cm³/mol. The molecule has 5 aromatic carbocycles. The summed E-state index contributed by atoms with van der Waals surface area (Å²) in [4.78, 5) is 59.7. The van der Waals surface area contributed by atoms with Crippen molar-refractivity contribution in [3.05, 3.63) is 242 Å². The van der Waals surface area contributed by atoms with E-state index in [1.165, 1.54) is 5.56 Å². The number of aromatic nitrogens is 9. The van der Waals surface area contributed by atoms with Crippen molar-refractivity contribution in [1.29, 1.82) is 0 Å². The summed E-state index contributed by atoms with van der Waals surface area (Å²) in [5.74, 6) is 4.69. The fourth-order valence-corrected chi connectivity index (χ4v) is 17.4. The zero-order valence-electron chi connectivity index (χ0n) is 64.6. The first-order chi connectivity index (χ1) is 54.0. The van der Waals surface area contributed by atoms with E-state index < -0.39 is 0 Å². The van der Waals surface area contributed by atoms with Gasteiger partial charge in [0.2, 0.25) is 22.9 Å². The number of pyridine rings is 7. The van der Waals surface area contributed by atoms with Crippen LogP contribution in [0, 0.1) is 27.7 Å². The Kier molecular flexibility index (Phi) is 17.2. The molecule has 0 fully saturated rings. The molecule has 21 nitrogen and oxygen atoms in total. The van der Waals surface area contributed by atoms with E-state index in [1.807, 2.05) is 67.1 Å². The standard InChI is InChI=1S/C25H20N4O.2C22H22N4O.C21H21N5O/c1-16-12-13-19-20-10-6-15-27-25(20)30-23(19)22(16)29-17(2)28(18-8-4-3-5-9-18)21-11-7-14-26-24(21)29;1-13(2)25-15(4)26(18-8-6-11-23-21(18)25)19-14(3)9-10-16-17-7-5-12-24-22(17)27-20(16)19;1-13(2)25-15(4)26(21-18(25)8-6-11-23-21)19-14(3)9-10-16-17-7-5-12-24-22(17)27-20(16)19;1-12(2)25-14(4)26(20-19(25)22-10-11-23-20)17-13(3)7-8-15-16-6-5-9-24-21(16)27-18(15)17/h3-15,17H,1-2H3;2*5-13,15H,1-4H3;5-12,14H,1-4H3. The van der Waals surface area contributed by atoms with Gasteiger partial charge in [-0.3, -0.25) is 9.80 Å². The minimum absolute atomic E-state index is 0.0303. The highest BCUT2D eigenvalue weighted by atomic mass is 16.4. The molecule has 0 spiro atoms. The molecule has 4 atom stereocenters. The maximum Gasteiger partial charge on any atom is 0.227 e. The molecular weight excluding hydrogens is 1380 g/mol. The Hall–Kier alpha value is -13.2. The monoisotopic (exact) mass is 1470 g/mol. The molecule has 0 saturated carbocycles. The first-order valence-electron chi connectivity index (χ1n) is 38.1. The maximum atomic E-state index is 6.28. The SMILES string of the molecule is Cc1ccc2c(oc3ncccc32)c1N1c2cccnc2N(C(C)C)C1C.Cc1ccc2c(oc3ncccc32)c1N1c2ncccc2N(C(C)C)C1C.Cc1ccc2c(oc3ncccc32)c1N1c2ncccc2N(c2ccccc2)C1C.Cc1ccc2c(oc3ncccc32)c1N1c2nccnc2N(C(C)C)C1C. The zero-order valence-corrected chi connectivity index (χ0v) is 64.6. The Bertz CT molecular complexity index is 5990. The number of aryl methyl sites for hydroxylation is 4. The van der Waals surface area contributed by atoms with E-state index in [2.05, 4.69) is 286 Å². The van der Waals surface area contributed by atoms with Crippen LogP contribution in [-0.4, -0.2) is 87.6 Å². The number of furan rings is 4. The molecule has 554 valence electrons. The van der Waals surface area contributed by atoms with Gasteiger partial charge in [-0.05, 0) is 216 Å². The molecule has 4 unspecified atom stereocenters. The van der Waals surface area contributed by atoms with Crippen LogP contribution in [0.5, 0.6) is 0 Å². The number of hydrogen-bond acceptors (Lipinski definition) is 21. The molecule has 0 amide bonds. The lowest BCUT2D eigenvalue weighted by atomic mass is 10.1. The van der Waals surface area contributed by atoms with Crippen LogP contribution in [0.3, 0.4) is 0 Å². The molecule has 16 heterocycles. The summed E-state index contributed by atoms with van der Waals surface area (Å²) < 4.78 is 25.0. The fraction of sp³-hybridized carbons (Fsp3) is 0.233.